The zero-order valence-electron chi connectivity index (χ0n) is 15.1. The number of hydrogen-bond acceptors (Lipinski definition) is 5. The Kier molecular flexibility index (Phi) is 5.95. The highest BCUT2D eigenvalue weighted by Crippen LogP contribution is 2.28. The molecule has 6 nitrogen and oxygen atoms in total. The number of benzene rings is 1. The van der Waals surface area contributed by atoms with Gasteiger partial charge in [-0.25, -0.2) is 0 Å². The number of aromatic nitrogens is 2. The monoisotopic (exact) mass is 381 g/mol. The van der Waals surface area contributed by atoms with Gasteiger partial charge in [0.05, 0.1) is 16.2 Å². The summed E-state index contributed by atoms with van der Waals surface area (Å²) in [7, 11) is -3.86. The largest absolute Gasteiger partial charge is 0.339 e. The van der Waals surface area contributed by atoms with E-state index in [0.29, 0.717) is 29.4 Å². The molecular weight excluding hydrogens is 358 g/mol. The van der Waals surface area contributed by atoms with Crippen molar-refractivity contribution in [3.05, 3.63) is 41.1 Å². The SMILES string of the molecule is CCN(CC)C(=O)c1c(C)nn(S(=O)(=O)c2ccc(C)cc2)c1SC. The van der Waals surface area contributed by atoms with Crippen molar-refractivity contribution in [3.63, 3.8) is 0 Å². The highest BCUT2D eigenvalue weighted by Gasteiger charge is 2.30. The summed E-state index contributed by atoms with van der Waals surface area (Å²) in [5, 5.41) is 4.53. The normalized spacial score (nSPS) is 11.6. The maximum Gasteiger partial charge on any atom is 0.284 e. The number of carbonyl (C=O) groups is 1. The van der Waals surface area contributed by atoms with Crippen molar-refractivity contribution in [1.29, 1.82) is 0 Å². The van der Waals surface area contributed by atoms with Crippen LogP contribution in [0.1, 0.15) is 35.5 Å². The molecule has 25 heavy (non-hydrogen) atoms. The van der Waals surface area contributed by atoms with Crippen LogP contribution in [0.3, 0.4) is 0 Å². The van der Waals surface area contributed by atoms with Crippen molar-refractivity contribution in [1.82, 2.24) is 14.1 Å². The molecule has 0 saturated heterocycles. The molecule has 1 aromatic heterocycles. The highest BCUT2D eigenvalue weighted by molar-refractivity contribution is 7.99. The summed E-state index contributed by atoms with van der Waals surface area (Å²) in [5.74, 6) is -0.197. The summed E-state index contributed by atoms with van der Waals surface area (Å²) in [6, 6.07) is 6.59. The van der Waals surface area contributed by atoms with Crippen molar-refractivity contribution in [3.8, 4) is 0 Å². The molecule has 0 atom stereocenters. The second-order valence-electron chi connectivity index (χ2n) is 5.61. The van der Waals surface area contributed by atoms with Crippen molar-refractivity contribution in [2.75, 3.05) is 19.3 Å². The van der Waals surface area contributed by atoms with Crippen LogP contribution in [0.4, 0.5) is 0 Å². The number of aryl methyl sites for hydroxylation is 2. The van der Waals surface area contributed by atoms with Gasteiger partial charge in [0.25, 0.3) is 15.9 Å². The summed E-state index contributed by atoms with van der Waals surface area (Å²) in [5.41, 5.74) is 1.74. The van der Waals surface area contributed by atoms with Gasteiger partial charge < -0.3 is 4.90 Å². The molecule has 2 aromatic rings. The second-order valence-corrected chi connectivity index (χ2v) is 8.17. The number of amides is 1. The molecule has 0 aliphatic heterocycles. The van der Waals surface area contributed by atoms with Crippen molar-refractivity contribution in [2.45, 2.75) is 37.6 Å². The summed E-state index contributed by atoms with van der Waals surface area (Å²) in [4.78, 5) is 14.6. The molecule has 0 saturated carbocycles. The lowest BCUT2D eigenvalue weighted by Crippen LogP contribution is -2.31. The highest BCUT2D eigenvalue weighted by atomic mass is 32.2. The lowest BCUT2D eigenvalue weighted by Gasteiger charge is -2.19. The molecule has 0 unspecified atom stereocenters. The van der Waals surface area contributed by atoms with E-state index in [0.717, 1.165) is 9.65 Å². The molecule has 1 amide bonds. The number of hydrogen-bond donors (Lipinski definition) is 0. The summed E-state index contributed by atoms with van der Waals surface area (Å²) in [6.45, 7) is 8.45. The molecule has 1 heterocycles. The zero-order chi connectivity index (χ0) is 18.8. The quantitative estimate of drug-likeness (QED) is 0.720. The van der Waals surface area contributed by atoms with E-state index in [-0.39, 0.29) is 10.8 Å². The summed E-state index contributed by atoms with van der Waals surface area (Å²) < 4.78 is 26.9. The van der Waals surface area contributed by atoms with Crippen LogP contribution in [0.25, 0.3) is 0 Å². The van der Waals surface area contributed by atoms with Gasteiger partial charge in [0.1, 0.15) is 5.03 Å². The van der Waals surface area contributed by atoms with Crippen LogP contribution in [0, 0.1) is 13.8 Å². The van der Waals surface area contributed by atoms with Gasteiger partial charge in [-0.15, -0.1) is 15.8 Å². The second kappa shape index (κ2) is 7.61. The first-order valence-electron chi connectivity index (χ1n) is 8.03. The average Bonchev–Trinajstić information content (AvgIpc) is 2.93. The van der Waals surface area contributed by atoms with Gasteiger partial charge in [0.15, 0.2) is 0 Å². The minimum Gasteiger partial charge on any atom is -0.339 e. The van der Waals surface area contributed by atoms with Crippen LogP contribution in [0.5, 0.6) is 0 Å². The number of nitrogens with zero attached hydrogens (tertiary/aromatic N) is 3. The lowest BCUT2D eigenvalue weighted by atomic mass is 10.2. The third-order valence-corrected chi connectivity index (χ3v) is 6.46. The van der Waals surface area contributed by atoms with Gasteiger partial charge in [0.2, 0.25) is 0 Å². The first-order chi connectivity index (χ1) is 11.8. The fraction of sp³-hybridized carbons (Fsp3) is 0.412. The Morgan fingerprint density at radius 1 is 1.16 bits per heavy atom. The Bertz CT molecular complexity index is 867. The molecule has 0 aliphatic carbocycles. The van der Waals surface area contributed by atoms with Crippen LogP contribution >= 0.6 is 11.8 Å². The summed E-state index contributed by atoms with van der Waals surface area (Å²) >= 11 is 1.21. The minimum atomic E-state index is -3.86. The van der Waals surface area contributed by atoms with Gasteiger partial charge in [-0.2, -0.15) is 13.5 Å². The first-order valence-corrected chi connectivity index (χ1v) is 10.7. The molecule has 0 fully saturated rings. The van der Waals surface area contributed by atoms with Gasteiger partial charge in [-0.1, -0.05) is 17.7 Å². The molecule has 0 radical (unpaired) electrons. The maximum absolute atomic E-state index is 13.0. The maximum atomic E-state index is 13.0. The van der Waals surface area contributed by atoms with Gasteiger partial charge in [-0.3, -0.25) is 4.79 Å². The fourth-order valence-electron chi connectivity index (χ4n) is 2.55. The topological polar surface area (TPSA) is 72.3 Å². The molecule has 2 rings (SSSR count). The van der Waals surface area contributed by atoms with E-state index in [1.807, 2.05) is 20.8 Å². The Morgan fingerprint density at radius 2 is 1.72 bits per heavy atom. The van der Waals surface area contributed by atoms with Crippen molar-refractivity contribution < 1.29 is 13.2 Å². The van der Waals surface area contributed by atoms with E-state index in [9.17, 15) is 13.2 Å². The molecular formula is C17H23N3O3S2. The number of thioether (sulfide) groups is 1. The molecule has 0 aliphatic rings. The number of carbonyl (C=O) groups excluding carboxylic acids is 1. The van der Waals surface area contributed by atoms with E-state index in [2.05, 4.69) is 5.10 Å². The third kappa shape index (κ3) is 3.59. The van der Waals surface area contributed by atoms with E-state index < -0.39 is 10.0 Å². The minimum absolute atomic E-state index is 0.151. The standard InChI is InChI=1S/C17H23N3O3S2/c1-6-19(7-2)16(21)15-13(4)18-20(17(15)24-5)25(22,23)14-10-8-12(3)9-11-14/h8-11H,6-7H2,1-5H3. The van der Waals surface area contributed by atoms with Crippen LogP contribution < -0.4 is 0 Å². The molecule has 136 valence electrons. The lowest BCUT2D eigenvalue weighted by molar-refractivity contribution is 0.0768. The summed E-state index contributed by atoms with van der Waals surface area (Å²) in [6.07, 6.45) is 1.75. The molecule has 0 N–H and O–H groups in total. The first kappa shape index (κ1) is 19.5. The van der Waals surface area contributed by atoms with E-state index in [1.165, 1.54) is 11.8 Å². The van der Waals surface area contributed by atoms with Crippen LogP contribution in [-0.4, -0.2) is 47.8 Å². The molecule has 0 spiro atoms. The van der Waals surface area contributed by atoms with E-state index >= 15 is 0 Å². The van der Waals surface area contributed by atoms with Crippen LogP contribution in [0.2, 0.25) is 0 Å². The van der Waals surface area contributed by atoms with E-state index in [1.54, 1.807) is 42.3 Å². The Hall–Kier alpha value is -1.80. The van der Waals surface area contributed by atoms with Crippen LogP contribution in [0.15, 0.2) is 34.2 Å². The average molecular weight is 382 g/mol. The zero-order valence-corrected chi connectivity index (χ0v) is 16.7. The third-order valence-electron chi connectivity index (χ3n) is 3.99. The Balaban J connectivity index is 2.62. The van der Waals surface area contributed by atoms with Crippen LogP contribution in [-0.2, 0) is 10.0 Å². The smallest absolute Gasteiger partial charge is 0.284 e. The van der Waals surface area contributed by atoms with Gasteiger partial charge in [-0.05, 0) is 46.1 Å². The Labute approximate surface area is 153 Å². The molecule has 8 heteroatoms. The Morgan fingerprint density at radius 3 is 2.20 bits per heavy atom. The fourth-order valence-corrected chi connectivity index (χ4v) is 4.92. The molecule has 0 bridgehead atoms. The van der Waals surface area contributed by atoms with Crippen molar-refractivity contribution in [2.24, 2.45) is 0 Å². The number of rotatable bonds is 6. The van der Waals surface area contributed by atoms with Gasteiger partial charge in [0, 0.05) is 13.1 Å². The molecule has 1 aromatic carbocycles. The van der Waals surface area contributed by atoms with Crippen molar-refractivity contribution >= 4 is 27.7 Å². The van der Waals surface area contributed by atoms with E-state index in [4.69, 9.17) is 0 Å². The van der Waals surface area contributed by atoms with Gasteiger partial charge >= 0.3 is 0 Å². The predicted octanol–water partition coefficient (Wildman–Crippen LogP) is 2.94. The predicted molar refractivity (Wildman–Crippen MR) is 99.8 cm³/mol.